The van der Waals surface area contributed by atoms with E-state index in [0.29, 0.717) is 10.9 Å². The molecule has 0 saturated heterocycles. The van der Waals surface area contributed by atoms with Crippen LogP contribution in [0.1, 0.15) is 0 Å². The molecule has 0 radical (unpaired) electrons. The van der Waals surface area contributed by atoms with Gasteiger partial charge in [-0.25, -0.2) is 0 Å². The molecule has 0 saturated carbocycles. The average molecular weight is 239 g/mol. The minimum atomic E-state index is -0.386. The number of nitro benzene ring substituents is 1. The summed E-state index contributed by atoms with van der Waals surface area (Å²) >= 11 is 0. The Labute approximate surface area is 102 Å². The number of rotatable bonds is 2. The first-order valence-electron chi connectivity index (χ1n) is 5.43. The van der Waals surface area contributed by atoms with E-state index >= 15 is 0 Å². The summed E-state index contributed by atoms with van der Waals surface area (Å²) in [7, 11) is 0. The highest BCUT2D eigenvalue weighted by atomic mass is 16.6. The Bertz CT molecular complexity index is 720. The van der Waals surface area contributed by atoms with Crippen molar-refractivity contribution in [3.63, 3.8) is 0 Å². The molecule has 5 heteroatoms. The van der Waals surface area contributed by atoms with Crippen LogP contribution in [0.4, 0.5) is 5.69 Å². The van der Waals surface area contributed by atoms with Crippen LogP contribution < -0.4 is 0 Å². The lowest BCUT2D eigenvalue weighted by Crippen LogP contribution is -1.92. The van der Waals surface area contributed by atoms with Crippen molar-refractivity contribution in [1.29, 1.82) is 0 Å². The minimum Gasteiger partial charge on any atom is -0.361 e. The average Bonchev–Trinajstić information content (AvgIpc) is 2.91. The molecular weight excluding hydrogens is 230 g/mol. The third-order valence-electron chi connectivity index (χ3n) is 2.83. The third-order valence-corrected chi connectivity index (χ3v) is 2.83. The summed E-state index contributed by atoms with van der Waals surface area (Å²) in [5, 5.41) is 11.5. The standard InChI is InChI=1S/C13H9N3O2/c17-16(18)12-6-5-9(11-4-2-7-14-11)13-10(12)3-1-8-15-13/h1-8,14H. The number of aromatic nitrogens is 2. The van der Waals surface area contributed by atoms with Gasteiger partial charge in [0.1, 0.15) is 0 Å². The number of benzene rings is 1. The van der Waals surface area contributed by atoms with Gasteiger partial charge in [0.25, 0.3) is 5.69 Å². The Morgan fingerprint density at radius 1 is 1.17 bits per heavy atom. The maximum atomic E-state index is 11.0. The van der Waals surface area contributed by atoms with Gasteiger partial charge in [0, 0.05) is 29.7 Å². The fourth-order valence-corrected chi connectivity index (χ4v) is 2.03. The van der Waals surface area contributed by atoms with Crippen LogP contribution in [0.5, 0.6) is 0 Å². The van der Waals surface area contributed by atoms with Gasteiger partial charge < -0.3 is 4.98 Å². The Hall–Kier alpha value is -2.69. The summed E-state index contributed by atoms with van der Waals surface area (Å²) in [5.74, 6) is 0. The summed E-state index contributed by atoms with van der Waals surface area (Å²) < 4.78 is 0. The van der Waals surface area contributed by atoms with Crippen molar-refractivity contribution in [2.75, 3.05) is 0 Å². The maximum absolute atomic E-state index is 11.0. The molecule has 0 aliphatic carbocycles. The van der Waals surface area contributed by atoms with Crippen molar-refractivity contribution in [2.45, 2.75) is 0 Å². The number of H-pyrrole nitrogens is 1. The van der Waals surface area contributed by atoms with Crippen LogP contribution in [0.3, 0.4) is 0 Å². The first-order valence-corrected chi connectivity index (χ1v) is 5.43. The second-order valence-corrected chi connectivity index (χ2v) is 3.87. The van der Waals surface area contributed by atoms with Gasteiger partial charge in [-0.15, -0.1) is 0 Å². The van der Waals surface area contributed by atoms with Crippen molar-refractivity contribution >= 4 is 16.6 Å². The van der Waals surface area contributed by atoms with Crippen molar-refractivity contribution < 1.29 is 4.92 Å². The van der Waals surface area contributed by atoms with E-state index in [2.05, 4.69) is 9.97 Å². The monoisotopic (exact) mass is 239 g/mol. The van der Waals surface area contributed by atoms with E-state index in [1.807, 2.05) is 18.3 Å². The minimum absolute atomic E-state index is 0.0772. The van der Waals surface area contributed by atoms with Crippen molar-refractivity contribution in [3.8, 4) is 11.3 Å². The molecule has 0 bridgehead atoms. The molecule has 1 N–H and O–H groups in total. The maximum Gasteiger partial charge on any atom is 0.278 e. The lowest BCUT2D eigenvalue weighted by molar-refractivity contribution is -0.383. The van der Waals surface area contributed by atoms with Crippen molar-refractivity contribution in [3.05, 3.63) is 58.9 Å². The molecular formula is C13H9N3O2. The SMILES string of the molecule is O=[N+]([O-])c1ccc(-c2ccc[nH]2)c2ncccc12. The number of nitro groups is 1. The number of nitrogens with one attached hydrogen (secondary N) is 1. The molecule has 3 aromatic rings. The van der Waals surface area contributed by atoms with Crippen LogP contribution in [-0.2, 0) is 0 Å². The van der Waals surface area contributed by atoms with Crippen LogP contribution >= 0.6 is 0 Å². The van der Waals surface area contributed by atoms with E-state index in [1.165, 1.54) is 6.07 Å². The number of hydrogen-bond donors (Lipinski definition) is 1. The topological polar surface area (TPSA) is 71.8 Å². The van der Waals surface area contributed by atoms with E-state index in [9.17, 15) is 10.1 Å². The zero-order valence-corrected chi connectivity index (χ0v) is 9.33. The van der Waals surface area contributed by atoms with E-state index in [4.69, 9.17) is 0 Å². The molecule has 0 aliphatic heterocycles. The van der Waals surface area contributed by atoms with Crippen LogP contribution in [0.15, 0.2) is 48.8 Å². The Morgan fingerprint density at radius 3 is 2.78 bits per heavy atom. The molecule has 0 atom stereocenters. The molecule has 2 heterocycles. The number of hydrogen-bond acceptors (Lipinski definition) is 3. The molecule has 0 unspecified atom stereocenters. The third kappa shape index (κ3) is 1.53. The van der Waals surface area contributed by atoms with Gasteiger partial charge in [0.15, 0.2) is 0 Å². The van der Waals surface area contributed by atoms with E-state index in [0.717, 1.165) is 11.3 Å². The lowest BCUT2D eigenvalue weighted by Gasteiger charge is -2.04. The van der Waals surface area contributed by atoms with Gasteiger partial charge in [-0.1, -0.05) is 0 Å². The molecule has 0 amide bonds. The van der Waals surface area contributed by atoms with E-state index in [1.54, 1.807) is 24.4 Å². The second kappa shape index (κ2) is 3.96. The summed E-state index contributed by atoms with van der Waals surface area (Å²) in [6, 6.07) is 10.4. The Morgan fingerprint density at radius 2 is 2.06 bits per heavy atom. The zero-order chi connectivity index (χ0) is 12.5. The highest BCUT2D eigenvalue weighted by molar-refractivity contribution is 5.98. The fourth-order valence-electron chi connectivity index (χ4n) is 2.03. The number of non-ortho nitro benzene ring substituents is 1. The Balaban J connectivity index is 2.37. The number of fused-ring (bicyclic) bond motifs is 1. The molecule has 18 heavy (non-hydrogen) atoms. The summed E-state index contributed by atoms with van der Waals surface area (Å²) in [6.45, 7) is 0. The van der Waals surface area contributed by atoms with Crippen LogP contribution in [0.25, 0.3) is 22.2 Å². The Kier molecular flexibility index (Phi) is 2.30. The second-order valence-electron chi connectivity index (χ2n) is 3.87. The largest absolute Gasteiger partial charge is 0.361 e. The van der Waals surface area contributed by atoms with Gasteiger partial charge in [0.2, 0.25) is 0 Å². The van der Waals surface area contributed by atoms with Crippen molar-refractivity contribution in [1.82, 2.24) is 9.97 Å². The van der Waals surface area contributed by atoms with Gasteiger partial charge in [-0.05, 0) is 30.3 Å². The van der Waals surface area contributed by atoms with Crippen molar-refractivity contribution in [2.24, 2.45) is 0 Å². The highest BCUT2D eigenvalue weighted by Gasteiger charge is 2.15. The van der Waals surface area contributed by atoms with Crippen LogP contribution in [0.2, 0.25) is 0 Å². The van der Waals surface area contributed by atoms with E-state index < -0.39 is 0 Å². The molecule has 5 nitrogen and oxygen atoms in total. The molecule has 88 valence electrons. The normalized spacial score (nSPS) is 10.7. The van der Waals surface area contributed by atoms with E-state index in [-0.39, 0.29) is 10.6 Å². The highest BCUT2D eigenvalue weighted by Crippen LogP contribution is 2.31. The fraction of sp³-hybridized carbons (Fsp3) is 0. The molecule has 0 aliphatic rings. The molecule has 1 aromatic carbocycles. The summed E-state index contributed by atoms with van der Waals surface area (Å²) in [5.41, 5.74) is 2.47. The van der Waals surface area contributed by atoms with Gasteiger partial charge >= 0.3 is 0 Å². The predicted octanol–water partition coefficient (Wildman–Crippen LogP) is 3.14. The predicted molar refractivity (Wildman–Crippen MR) is 68.2 cm³/mol. The van der Waals surface area contributed by atoms with Gasteiger partial charge in [-0.2, -0.15) is 0 Å². The molecule has 2 aromatic heterocycles. The van der Waals surface area contributed by atoms with Crippen LogP contribution in [-0.4, -0.2) is 14.9 Å². The number of nitrogens with zero attached hydrogens (tertiary/aromatic N) is 2. The summed E-state index contributed by atoms with van der Waals surface area (Å²) in [6.07, 6.45) is 3.45. The summed E-state index contributed by atoms with van der Waals surface area (Å²) in [4.78, 5) is 17.9. The number of aromatic amines is 1. The smallest absolute Gasteiger partial charge is 0.278 e. The molecule has 3 rings (SSSR count). The van der Waals surface area contributed by atoms with Gasteiger partial charge in [-0.3, -0.25) is 15.1 Å². The number of pyridine rings is 1. The van der Waals surface area contributed by atoms with Crippen LogP contribution in [0, 0.1) is 10.1 Å². The lowest BCUT2D eigenvalue weighted by atomic mass is 10.1. The van der Waals surface area contributed by atoms with Gasteiger partial charge in [0.05, 0.1) is 15.8 Å². The first-order chi connectivity index (χ1) is 8.77. The zero-order valence-electron chi connectivity index (χ0n) is 9.33. The molecule has 0 fully saturated rings. The molecule has 0 spiro atoms. The quantitative estimate of drug-likeness (QED) is 0.551. The first kappa shape index (κ1) is 10.5.